The van der Waals surface area contributed by atoms with E-state index in [0.717, 1.165) is 6.07 Å². The van der Waals surface area contributed by atoms with Gasteiger partial charge in [0, 0.05) is 24.3 Å². The summed E-state index contributed by atoms with van der Waals surface area (Å²) in [6.07, 6.45) is -1.19. The number of nitrogens with one attached hydrogen (secondary N) is 2. The molecule has 130 valence electrons. The van der Waals surface area contributed by atoms with Gasteiger partial charge in [-0.1, -0.05) is 12.2 Å². The Bertz CT molecular complexity index is 673. The van der Waals surface area contributed by atoms with Crippen molar-refractivity contribution >= 4 is 17.5 Å². The number of benzene rings is 1. The topological polar surface area (TPSA) is 78.4 Å². The standard InChI is InChI=1S/C15H14F4N2O3/c16-12-4-3-10(6-11(12)15(17,18)19)21-14(24)13(23)20-9-2-1-8(5-9)7-22/h1-4,6,8-9,22H,5,7H2,(H,20,23)(H,21,24)/t8-,9+/m0/s1. The van der Waals surface area contributed by atoms with Crippen LogP contribution in [0, 0.1) is 11.7 Å². The molecule has 2 atom stereocenters. The number of anilines is 1. The van der Waals surface area contributed by atoms with Crippen molar-refractivity contribution in [1.82, 2.24) is 5.32 Å². The van der Waals surface area contributed by atoms with E-state index in [1.807, 2.05) is 5.32 Å². The van der Waals surface area contributed by atoms with Gasteiger partial charge in [-0.3, -0.25) is 9.59 Å². The average Bonchev–Trinajstić information content (AvgIpc) is 2.95. The minimum Gasteiger partial charge on any atom is -0.396 e. The number of amides is 2. The molecule has 24 heavy (non-hydrogen) atoms. The van der Waals surface area contributed by atoms with E-state index in [1.165, 1.54) is 0 Å². The Morgan fingerprint density at radius 3 is 2.50 bits per heavy atom. The predicted octanol–water partition coefficient (Wildman–Crippen LogP) is 1.84. The van der Waals surface area contributed by atoms with Crippen molar-refractivity contribution in [3.05, 3.63) is 41.7 Å². The molecule has 1 aliphatic rings. The number of carbonyl (C=O) groups excluding carboxylic acids is 2. The molecule has 0 spiro atoms. The number of halogens is 4. The van der Waals surface area contributed by atoms with E-state index in [4.69, 9.17) is 5.11 Å². The Kier molecular flexibility index (Phi) is 5.23. The highest BCUT2D eigenvalue weighted by Gasteiger charge is 2.34. The Hall–Kier alpha value is -2.42. The molecule has 3 N–H and O–H groups in total. The number of hydrogen-bond acceptors (Lipinski definition) is 3. The molecule has 9 heteroatoms. The molecule has 0 radical (unpaired) electrons. The lowest BCUT2D eigenvalue weighted by atomic mass is 10.1. The molecule has 0 heterocycles. The van der Waals surface area contributed by atoms with Crippen LogP contribution in [0.25, 0.3) is 0 Å². The van der Waals surface area contributed by atoms with Crippen LogP contribution in [0.3, 0.4) is 0 Å². The van der Waals surface area contributed by atoms with E-state index in [9.17, 15) is 27.2 Å². The van der Waals surface area contributed by atoms with Crippen molar-refractivity contribution in [3.8, 4) is 0 Å². The molecular weight excluding hydrogens is 332 g/mol. The third-order valence-electron chi connectivity index (χ3n) is 3.46. The lowest BCUT2D eigenvalue weighted by Crippen LogP contribution is -2.40. The van der Waals surface area contributed by atoms with Gasteiger partial charge in [0.1, 0.15) is 5.82 Å². The summed E-state index contributed by atoms with van der Waals surface area (Å²) in [5.74, 6) is -3.81. The molecule has 2 amide bonds. The number of alkyl halides is 3. The van der Waals surface area contributed by atoms with Gasteiger partial charge >= 0.3 is 18.0 Å². The summed E-state index contributed by atoms with van der Waals surface area (Å²) in [6, 6.07) is 1.45. The summed E-state index contributed by atoms with van der Waals surface area (Å²) in [4.78, 5) is 23.5. The van der Waals surface area contributed by atoms with Crippen LogP contribution in [0.5, 0.6) is 0 Å². The molecule has 0 aromatic heterocycles. The van der Waals surface area contributed by atoms with E-state index in [2.05, 4.69) is 5.32 Å². The highest BCUT2D eigenvalue weighted by Crippen LogP contribution is 2.32. The number of aliphatic hydroxyl groups excluding tert-OH is 1. The summed E-state index contributed by atoms with van der Waals surface area (Å²) in [5, 5.41) is 13.3. The average molecular weight is 346 g/mol. The maximum Gasteiger partial charge on any atom is 0.419 e. The molecule has 0 saturated carbocycles. The van der Waals surface area contributed by atoms with E-state index >= 15 is 0 Å². The fraction of sp³-hybridized carbons (Fsp3) is 0.333. The maximum atomic E-state index is 13.2. The van der Waals surface area contributed by atoms with Gasteiger partial charge in [0.05, 0.1) is 5.56 Å². The first-order valence-corrected chi connectivity index (χ1v) is 6.98. The summed E-state index contributed by atoms with van der Waals surface area (Å²) in [7, 11) is 0. The molecule has 1 aromatic rings. The van der Waals surface area contributed by atoms with E-state index in [0.29, 0.717) is 18.6 Å². The molecular formula is C15H14F4N2O3. The lowest BCUT2D eigenvalue weighted by Gasteiger charge is -2.13. The summed E-state index contributed by atoms with van der Waals surface area (Å²) in [6.45, 7) is -0.0924. The summed E-state index contributed by atoms with van der Waals surface area (Å²) in [5.41, 5.74) is -1.88. The van der Waals surface area contributed by atoms with Gasteiger partial charge in [-0.2, -0.15) is 13.2 Å². The van der Waals surface area contributed by atoms with Crippen LogP contribution in [-0.4, -0.2) is 29.6 Å². The van der Waals surface area contributed by atoms with Crippen molar-refractivity contribution in [1.29, 1.82) is 0 Å². The Morgan fingerprint density at radius 1 is 1.21 bits per heavy atom. The number of aliphatic hydroxyl groups is 1. The molecule has 0 saturated heterocycles. The van der Waals surface area contributed by atoms with Crippen molar-refractivity contribution < 1.29 is 32.3 Å². The summed E-state index contributed by atoms with van der Waals surface area (Å²) < 4.78 is 51.0. The van der Waals surface area contributed by atoms with Gasteiger partial charge < -0.3 is 15.7 Å². The number of hydrogen-bond donors (Lipinski definition) is 3. The van der Waals surface area contributed by atoms with Crippen LogP contribution in [0.4, 0.5) is 23.2 Å². The summed E-state index contributed by atoms with van der Waals surface area (Å²) >= 11 is 0. The van der Waals surface area contributed by atoms with Gasteiger partial charge in [-0.15, -0.1) is 0 Å². The van der Waals surface area contributed by atoms with Gasteiger partial charge in [0.25, 0.3) is 0 Å². The highest BCUT2D eigenvalue weighted by molar-refractivity contribution is 6.39. The highest BCUT2D eigenvalue weighted by atomic mass is 19.4. The van der Waals surface area contributed by atoms with Crippen LogP contribution in [0.2, 0.25) is 0 Å². The second-order valence-corrected chi connectivity index (χ2v) is 5.29. The molecule has 5 nitrogen and oxygen atoms in total. The Morgan fingerprint density at radius 2 is 1.92 bits per heavy atom. The zero-order chi connectivity index (χ0) is 17.9. The molecule has 2 rings (SSSR count). The van der Waals surface area contributed by atoms with E-state index in [-0.39, 0.29) is 18.2 Å². The molecule has 0 aliphatic heterocycles. The SMILES string of the molecule is O=C(Nc1ccc(F)c(C(F)(F)F)c1)C(=O)N[C@@H]1C=C[C@H](CO)C1. The minimum absolute atomic E-state index is 0.0924. The first-order valence-electron chi connectivity index (χ1n) is 6.98. The van der Waals surface area contributed by atoms with E-state index < -0.39 is 35.4 Å². The van der Waals surface area contributed by atoms with Crippen LogP contribution in [0.1, 0.15) is 12.0 Å². The quantitative estimate of drug-likeness (QED) is 0.444. The second kappa shape index (κ2) is 7.00. The van der Waals surface area contributed by atoms with Gasteiger partial charge in [-0.25, -0.2) is 4.39 Å². The maximum absolute atomic E-state index is 13.2. The molecule has 1 aliphatic carbocycles. The number of rotatable bonds is 3. The minimum atomic E-state index is -4.92. The normalized spacial score (nSPS) is 20.0. The third kappa shape index (κ3) is 4.31. The predicted molar refractivity (Wildman–Crippen MR) is 76.3 cm³/mol. The van der Waals surface area contributed by atoms with Crippen molar-refractivity contribution in [3.63, 3.8) is 0 Å². The van der Waals surface area contributed by atoms with Gasteiger partial charge in [-0.05, 0) is 24.6 Å². The Balaban J connectivity index is 1.99. The van der Waals surface area contributed by atoms with Crippen LogP contribution < -0.4 is 10.6 Å². The molecule has 0 fully saturated rings. The fourth-order valence-electron chi connectivity index (χ4n) is 2.26. The fourth-order valence-corrected chi connectivity index (χ4v) is 2.26. The molecule has 1 aromatic carbocycles. The first-order chi connectivity index (χ1) is 11.2. The monoisotopic (exact) mass is 346 g/mol. The molecule has 0 bridgehead atoms. The number of carbonyl (C=O) groups is 2. The van der Waals surface area contributed by atoms with E-state index in [1.54, 1.807) is 12.2 Å². The van der Waals surface area contributed by atoms with Crippen LogP contribution >= 0.6 is 0 Å². The zero-order valence-corrected chi connectivity index (χ0v) is 12.2. The first kappa shape index (κ1) is 17.9. The van der Waals surface area contributed by atoms with Gasteiger partial charge in [0.15, 0.2) is 0 Å². The molecule has 0 unspecified atom stereocenters. The van der Waals surface area contributed by atoms with Crippen molar-refractivity contribution in [2.75, 3.05) is 11.9 Å². The largest absolute Gasteiger partial charge is 0.419 e. The third-order valence-corrected chi connectivity index (χ3v) is 3.46. The lowest BCUT2D eigenvalue weighted by molar-refractivity contribution is -0.140. The van der Waals surface area contributed by atoms with Crippen LogP contribution in [0.15, 0.2) is 30.4 Å². The second-order valence-electron chi connectivity index (χ2n) is 5.29. The zero-order valence-electron chi connectivity index (χ0n) is 12.2. The Labute approximate surface area is 134 Å². The van der Waals surface area contributed by atoms with Crippen LogP contribution in [-0.2, 0) is 15.8 Å². The van der Waals surface area contributed by atoms with Crippen molar-refractivity contribution in [2.45, 2.75) is 18.6 Å². The van der Waals surface area contributed by atoms with Crippen molar-refractivity contribution in [2.24, 2.45) is 5.92 Å². The smallest absolute Gasteiger partial charge is 0.396 e. The van der Waals surface area contributed by atoms with Gasteiger partial charge in [0.2, 0.25) is 0 Å².